The Labute approximate surface area is 85.5 Å². The summed E-state index contributed by atoms with van der Waals surface area (Å²) in [6.07, 6.45) is 1.23. The Morgan fingerprint density at radius 3 is 2.77 bits per heavy atom. The third-order valence-electron chi connectivity index (χ3n) is 2.98. The predicted molar refractivity (Wildman–Crippen MR) is 54.6 cm³/mol. The summed E-state index contributed by atoms with van der Waals surface area (Å²) < 4.78 is 0. The van der Waals surface area contributed by atoms with Gasteiger partial charge in [-0.2, -0.15) is 5.26 Å². The Balaban J connectivity index is 2.34. The quantitative estimate of drug-likeness (QED) is 0.639. The number of hydrogen-bond acceptors (Lipinski definition) is 2. The van der Waals surface area contributed by atoms with Gasteiger partial charge >= 0.3 is 0 Å². The second-order valence-corrected chi connectivity index (χ2v) is 4.63. The molecule has 2 nitrogen and oxygen atoms in total. The lowest BCUT2D eigenvalue weighted by atomic mass is 9.89. The number of nitrogens with zero attached hydrogens (tertiary/aromatic N) is 2. The third-order valence-corrected chi connectivity index (χ3v) is 3.21. The monoisotopic (exact) mass is 200 g/mol. The van der Waals surface area contributed by atoms with E-state index in [0.29, 0.717) is 0 Å². The van der Waals surface area contributed by atoms with Crippen molar-refractivity contribution in [3.63, 3.8) is 0 Å². The number of nitriles is 1. The molecule has 3 unspecified atom stereocenters. The number of piperidine rings is 1. The van der Waals surface area contributed by atoms with Gasteiger partial charge in [-0.25, -0.2) is 0 Å². The Morgan fingerprint density at radius 1 is 1.54 bits per heavy atom. The molecule has 74 valence electrons. The maximum atomic E-state index is 8.57. The summed E-state index contributed by atoms with van der Waals surface area (Å²) in [5, 5.41) is 8.23. The Hall–Kier alpha value is -0.260. The first kappa shape index (κ1) is 10.8. The van der Waals surface area contributed by atoms with Gasteiger partial charge in [0, 0.05) is 13.1 Å². The molecule has 0 bridgehead atoms. The fourth-order valence-corrected chi connectivity index (χ4v) is 1.98. The lowest BCUT2D eigenvalue weighted by molar-refractivity contribution is 0.142. The average molecular weight is 201 g/mol. The van der Waals surface area contributed by atoms with Crippen LogP contribution < -0.4 is 0 Å². The Bertz CT molecular complexity index is 200. The summed E-state index contributed by atoms with van der Waals surface area (Å²) in [6.45, 7) is 7.47. The van der Waals surface area contributed by atoms with Crippen LogP contribution in [0.25, 0.3) is 0 Å². The summed E-state index contributed by atoms with van der Waals surface area (Å²) in [7, 11) is 0. The van der Waals surface area contributed by atoms with Crippen LogP contribution in [0.3, 0.4) is 0 Å². The SMILES string of the molecule is CC1CCN(CC(Cl)C#N)CC1C. The fraction of sp³-hybridized carbons (Fsp3) is 0.900. The molecule has 0 aliphatic carbocycles. The molecule has 0 radical (unpaired) electrons. The minimum Gasteiger partial charge on any atom is -0.301 e. The number of likely N-dealkylation sites (tertiary alicyclic amines) is 1. The van der Waals surface area contributed by atoms with Crippen LogP contribution >= 0.6 is 11.6 Å². The van der Waals surface area contributed by atoms with Crippen LogP contribution in [-0.4, -0.2) is 29.9 Å². The standard InChI is InChI=1S/C10H17ClN2/c1-8-3-4-13(6-9(8)2)7-10(11)5-12/h8-10H,3-4,6-7H2,1-2H3. The normalized spacial score (nSPS) is 32.5. The Kier molecular flexibility index (Phi) is 4.02. The second kappa shape index (κ2) is 4.83. The van der Waals surface area contributed by atoms with Crippen LogP contribution in [0.15, 0.2) is 0 Å². The van der Waals surface area contributed by atoms with Crippen molar-refractivity contribution in [2.45, 2.75) is 25.6 Å². The summed E-state index contributed by atoms with van der Waals surface area (Å²) in [5.41, 5.74) is 0. The van der Waals surface area contributed by atoms with E-state index >= 15 is 0 Å². The van der Waals surface area contributed by atoms with Crippen molar-refractivity contribution in [3.8, 4) is 6.07 Å². The van der Waals surface area contributed by atoms with E-state index in [4.69, 9.17) is 16.9 Å². The minimum absolute atomic E-state index is 0.347. The van der Waals surface area contributed by atoms with Gasteiger partial charge in [0.15, 0.2) is 0 Å². The van der Waals surface area contributed by atoms with E-state index in [1.54, 1.807) is 0 Å². The zero-order valence-electron chi connectivity index (χ0n) is 8.33. The first-order valence-electron chi connectivity index (χ1n) is 4.89. The molecule has 1 fully saturated rings. The van der Waals surface area contributed by atoms with Gasteiger partial charge in [-0.15, -0.1) is 11.6 Å². The molecule has 0 spiro atoms. The lowest BCUT2D eigenvalue weighted by Gasteiger charge is -2.35. The minimum atomic E-state index is -0.347. The highest BCUT2D eigenvalue weighted by atomic mass is 35.5. The van der Waals surface area contributed by atoms with E-state index in [1.165, 1.54) is 6.42 Å². The van der Waals surface area contributed by atoms with Crippen molar-refractivity contribution in [2.75, 3.05) is 19.6 Å². The molecular weight excluding hydrogens is 184 g/mol. The van der Waals surface area contributed by atoms with Gasteiger partial charge in [-0.1, -0.05) is 13.8 Å². The van der Waals surface area contributed by atoms with E-state index in [2.05, 4.69) is 24.8 Å². The van der Waals surface area contributed by atoms with Gasteiger partial charge in [-0.05, 0) is 24.8 Å². The van der Waals surface area contributed by atoms with E-state index in [0.717, 1.165) is 31.5 Å². The smallest absolute Gasteiger partial charge is 0.133 e. The van der Waals surface area contributed by atoms with E-state index < -0.39 is 0 Å². The summed E-state index contributed by atoms with van der Waals surface area (Å²) in [6, 6.07) is 2.06. The molecule has 0 amide bonds. The molecule has 0 N–H and O–H groups in total. The van der Waals surface area contributed by atoms with Crippen molar-refractivity contribution in [1.82, 2.24) is 4.90 Å². The van der Waals surface area contributed by atoms with E-state index in [9.17, 15) is 0 Å². The number of alkyl halides is 1. The van der Waals surface area contributed by atoms with Gasteiger partial charge < -0.3 is 4.90 Å². The van der Waals surface area contributed by atoms with Crippen molar-refractivity contribution >= 4 is 11.6 Å². The van der Waals surface area contributed by atoms with Gasteiger partial charge in [0.1, 0.15) is 5.38 Å². The summed E-state index contributed by atoms with van der Waals surface area (Å²) >= 11 is 5.78. The summed E-state index contributed by atoms with van der Waals surface area (Å²) in [4.78, 5) is 2.30. The van der Waals surface area contributed by atoms with Crippen molar-refractivity contribution in [1.29, 1.82) is 5.26 Å². The molecule has 0 aromatic carbocycles. The number of halogens is 1. The van der Waals surface area contributed by atoms with Crippen molar-refractivity contribution in [2.24, 2.45) is 11.8 Å². The third kappa shape index (κ3) is 3.17. The first-order chi connectivity index (χ1) is 6.13. The van der Waals surface area contributed by atoms with Crippen LogP contribution in [-0.2, 0) is 0 Å². The zero-order chi connectivity index (χ0) is 9.84. The van der Waals surface area contributed by atoms with Gasteiger partial charge in [0.05, 0.1) is 6.07 Å². The summed E-state index contributed by atoms with van der Waals surface area (Å²) in [5.74, 6) is 1.54. The molecule has 0 saturated carbocycles. The first-order valence-corrected chi connectivity index (χ1v) is 5.33. The molecule has 3 atom stereocenters. The number of rotatable bonds is 2. The molecular formula is C10H17ClN2. The molecule has 1 rings (SSSR count). The van der Waals surface area contributed by atoms with Crippen LogP contribution in [0, 0.1) is 23.2 Å². The number of hydrogen-bond donors (Lipinski definition) is 0. The Morgan fingerprint density at radius 2 is 2.23 bits per heavy atom. The second-order valence-electron chi connectivity index (χ2n) is 4.10. The topological polar surface area (TPSA) is 27.0 Å². The van der Waals surface area contributed by atoms with Crippen LogP contribution in [0.4, 0.5) is 0 Å². The van der Waals surface area contributed by atoms with E-state index in [-0.39, 0.29) is 5.38 Å². The van der Waals surface area contributed by atoms with Crippen molar-refractivity contribution in [3.05, 3.63) is 0 Å². The van der Waals surface area contributed by atoms with Crippen LogP contribution in [0.1, 0.15) is 20.3 Å². The van der Waals surface area contributed by atoms with Gasteiger partial charge in [0.25, 0.3) is 0 Å². The molecule has 0 aromatic rings. The lowest BCUT2D eigenvalue weighted by Crippen LogP contribution is -2.41. The van der Waals surface area contributed by atoms with Crippen LogP contribution in [0.2, 0.25) is 0 Å². The highest BCUT2D eigenvalue weighted by molar-refractivity contribution is 6.22. The highest BCUT2D eigenvalue weighted by Gasteiger charge is 2.23. The maximum Gasteiger partial charge on any atom is 0.133 e. The fourth-order valence-electron chi connectivity index (χ4n) is 1.78. The van der Waals surface area contributed by atoms with Crippen molar-refractivity contribution < 1.29 is 0 Å². The maximum absolute atomic E-state index is 8.57. The molecule has 3 heteroatoms. The molecule has 13 heavy (non-hydrogen) atoms. The average Bonchev–Trinajstić information content (AvgIpc) is 2.11. The molecule has 1 aliphatic rings. The zero-order valence-corrected chi connectivity index (χ0v) is 9.09. The molecule has 1 aliphatic heterocycles. The predicted octanol–water partition coefficient (Wildman–Crippen LogP) is 2.10. The molecule has 1 heterocycles. The highest BCUT2D eigenvalue weighted by Crippen LogP contribution is 2.22. The van der Waals surface area contributed by atoms with Gasteiger partial charge in [0.2, 0.25) is 0 Å². The van der Waals surface area contributed by atoms with E-state index in [1.807, 2.05) is 0 Å². The van der Waals surface area contributed by atoms with Gasteiger partial charge in [-0.3, -0.25) is 0 Å². The molecule has 1 saturated heterocycles. The van der Waals surface area contributed by atoms with Crippen LogP contribution in [0.5, 0.6) is 0 Å². The largest absolute Gasteiger partial charge is 0.301 e. The molecule has 0 aromatic heterocycles.